The monoisotopic (exact) mass is 288 g/mol. The minimum atomic E-state index is -4.49. The number of morpholine rings is 1. The Balaban J connectivity index is 2.00. The van der Waals surface area contributed by atoms with Gasteiger partial charge in [0.05, 0.1) is 30.4 Å². The van der Waals surface area contributed by atoms with Crippen molar-refractivity contribution in [1.29, 1.82) is 0 Å². The summed E-state index contributed by atoms with van der Waals surface area (Å²) in [7, 11) is 0. The van der Waals surface area contributed by atoms with E-state index in [1.165, 1.54) is 18.2 Å². The smallest absolute Gasteiger partial charge is 0.375 e. The van der Waals surface area contributed by atoms with Gasteiger partial charge in [0.25, 0.3) is 0 Å². The third kappa shape index (κ3) is 3.94. The summed E-state index contributed by atoms with van der Waals surface area (Å²) in [5.74, 6) is -0.490. The van der Waals surface area contributed by atoms with Crippen LogP contribution in [-0.4, -0.2) is 31.7 Å². The third-order valence-electron chi connectivity index (χ3n) is 2.92. The van der Waals surface area contributed by atoms with Gasteiger partial charge in [-0.15, -0.1) is 0 Å². The van der Waals surface area contributed by atoms with Crippen LogP contribution >= 0.6 is 0 Å². The number of hydrogen-bond acceptors (Lipinski definition) is 3. The number of ether oxygens (including phenoxy) is 1. The Morgan fingerprint density at radius 1 is 1.40 bits per heavy atom. The predicted molar refractivity (Wildman–Crippen MR) is 67.3 cm³/mol. The van der Waals surface area contributed by atoms with E-state index in [2.05, 4.69) is 10.6 Å². The van der Waals surface area contributed by atoms with Gasteiger partial charge in [0.1, 0.15) is 0 Å². The number of hydrogen-bond donors (Lipinski definition) is 2. The van der Waals surface area contributed by atoms with E-state index in [1.54, 1.807) is 0 Å². The van der Waals surface area contributed by atoms with Crippen molar-refractivity contribution in [2.75, 3.05) is 25.0 Å². The van der Waals surface area contributed by atoms with Crippen LogP contribution in [0.5, 0.6) is 0 Å². The second-order valence-corrected chi connectivity index (χ2v) is 4.49. The quantitative estimate of drug-likeness (QED) is 0.894. The molecule has 0 aromatic heterocycles. The minimum absolute atomic E-state index is 0.0270. The minimum Gasteiger partial charge on any atom is -0.375 e. The Bertz CT molecular complexity index is 471. The standard InChI is InChI=1S/C13H15F3N2O2/c14-13(15,16)10-3-1-2-4-11(10)18-12(19)7-9-8-17-5-6-20-9/h1-4,9,17H,5-8H2,(H,18,19). The molecule has 1 fully saturated rings. The van der Waals surface area contributed by atoms with Crippen molar-refractivity contribution in [3.8, 4) is 0 Å². The van der Waals surface area contributed by atoms with Crippen LogP contribution in [-0.2, 0) is 15.7 Å². The first kappa shape index (κ1) is 14.8. The number of anilines is 1. The van der Waals surface area contributed by atoms with Gasteiger partial charge in [-0.05, 0) is 12.1 Å². The summed E-state index contributed by atoms with van der Waals surface area (Å²) in [6.07, 6.45) is -4.77. The number of alkyl halides is 3. The molecule has 1 aliphatic heterocycles. The summed E-state index contributed by atoms with van der Waals surface area (Å²) in [6, 6.07) is 4.91. The molecule has 0 radical (unpaired) electrons. The first-order chi connectivity index (χ1) is 9.47. The molecular formula is C13H15F3N2O2. The molecule has 0 bridgehead atoms. The molecule has 1 heterocycles. The maximum Gasteiger partial charge on any atom is 0.418 e. The first-order valence-corrected chi connectivity index (χ1v) is 6.25. The van der Waals surface area contributed by atoms with Crippen molar-refractivity contribution in [2.45, 2.75) is 18.7 Å². The second kappa shape index (κ2) is 6.23. The number of halogens is 3. The van der Waals surface area contributed by atoms with Crippen LogP contribution in [0.1, 0.15) is 12.0 Å². The highest BCUT2D eigenvalue weighted by Crippen LogP contribution is 2.34. The van der Waals surface area contributed by atoms with Gasteiger partial charge in [0, 0.05) is 13.1 Å². The number of nitrogens with one attached hydrogen (secondary N) is 2. The maximum absolute atomic E-state index is 12.8. The van der Waals surface area contributed by atoms with Crippen LogP contribution < -0.4 is 10.6 Å². The van der Waals surface area contributed by atoms with Crippen molar-refractivity contribution in [3.63, 3.8) is 0 Å². The van der Waals surface area contributed by atoms with Gasteiger partial charge in [-0.25, -0.2) is 0 Å². The Morgan fingerprint density at radius 3 is 2.80 bits per heavy atom. The second-order valence-electron chi connectivity index (χ2n) is 4.49. The van der Waals surface area contributed by atoms with Crippen molar-refractivity contribution in [1.82, 2.24) is 5.32 Å². The van der Waals surface area contributed by atoms with E-state index in [0.29, 0.717) is 13.2 Å². The van der Waals surface area contributed by atoms with E-state index in [4.69, 9.17) is 4.74 Å². The van der Waals surface area contributed by atoms with Crippen molar-refractivity contribution < 1.29 is 22.7 Å². The van der Waals surface area contributed by atoms with Crippen LogP contribution in [0.25, 0.3) is 0 Å². The molecule has 1 aromatic rings. The van der Waals surface area contributed by atoms with E-state index >= 15 is 0 Å². The molecule has 7 heteroatoms. The number of amides is 1. The molecule has 1 amide bonds. The molecule has 2 rings (SSSR count). The van der Waals surface area contributed by atoms with E-state index in [0.717, 1.165) is 12.6 Å². The van der Waals surface area contributed by atoms with Gasteiger partial charge < -0.3 is 15.4 Å². The average Bonchev–Trinajstić information content (AvgIpc) is 2.39. The lowest BCUT2D eigenvalue weighted by molar-refractivity contribution is -0.137. The fourth-order valence-electron chi connectivity index (χ4n) is 2.00. The van der Waals surface area contributed by atoms with Crippen LogP contribution in [0.15, 0.2) is 24.3 Å². The van der Waals surface area contributed by atoms with Gasteiger partial charge >= 0.3 is 6.18 Å². The fraction of sp³-hybridized carbons (Fsp3) is 0.462. The zero-order chi connectivity index (χ0) is 14.6. The van der Waals surface area contributed by atoms with Gasteiger partial charge in [0.2, 0.25) is 5.91 Å². The summed E-state index contributed by atoms with van der Waals surface area (Å²) >= 11 is 0. The lowest BCUT2D eigenvalue weighted by Gasteiger charge is -2.23. The van der Waals surface area contributed by atoms with Crippen LogP contribution in [0.3, 0.4) is 0 Å². The normalized spacial score (nSPS) is 19.6. The molecule has 1 aromatic carbocycles. The summed E-state index contributed by atoms with van der Waals surface area (Å²) in [6.45, 7) is 1.74. The van der Waals surface area contributed by atoms with E-state index in [1.807, 2.05) is 0 Å². The zero-order valence-corrected chi connectivity index (χ0v) is 10.7. The summed E-state index contributed by atoms with van der Waals surface area (Å²) in [5, 5.41) is 5.35. The fourth-order valence-corrected chi connectivity index (χ4v) is 2.00. The average molecular weight is 288 g/mol. The molecule has 1 atom stereocenters. The van der Waals surface area contributed by atoms with Gasteiger partial charge in [-0.3, -0.25) is 4.79 Å². The number of carbonyl (C=O) groups is 1. The molecule has 1 saturated heterocycles. The van der Waals surface area contributed by atoms with Crippen LogP contribution in [0, 0.1) is 0 Å². The molecule has 0 saturated carbocycles. The summed E-state index contributed by atoms with van der Waals surface area (Å²) < 4.78 is 43.7. The SMILES string of the molecule is O=C(CC1CNCCO1)Nc1ccccc1C(F)(F)F. The van der Waals surface area contributed by atoms with Crippen LogP contribution in [0.2, 0.25) is 0 Å². The molecule has 2 N–H and O–H groups in total. The molecule has 1 unspecified atom stereocenters. The number of benzene rings is 1. The maximum atomic E-state index is 12.8. The van der Waals surface area contributed by atoms with Crippen molar-refractivity contribution >= 4 is 11.6 Å². The third-order valence-corrected chi connectivity index (χ3v) is 2.92. The van der Waals surface area contributed by atoms with Crippen molar-refractivity contribution in [3.05, 3.63) is 29.8 Å². The number of para-hydroxylation sites is 1. The zero-order valence-electron chi connectivity index (χ0n) is 10.7. The summed E-state index contributed by atoms with van der Waals surface area (Å²) in [5.41, 5.74) is -1.08. The van der Waals surface area contributed by atoms with Gasteiger partial charge in [0.15, 0.2) is 0 Å². The highest BCUT2D eigenvalue weighted by atomic mass is 19.4. The van der Waals surface area contributed by atoms with Crippen molar-refractivity contribution in [2.24, 2.45) is 0 Å². The Kier molecular flexibility index (Phi) is 4.61. The predicted octanol–water partition coefficient (Wildman–Crippen LogP) is 2.02. The van der Waals surface area contributed by atoms with Gasteiger partial charge in [-0.2, -0.15) is 13.2 Å². The molecule has 110 valence electrons. The topological polar surface area (TPSA) is 50.4 Å². The first-order valence-electron chi connectivity index (χ1n) is 6.25. The van der Waals surface area contributed by atoms with E-state index < -0.39 is 17.6 Å². The Labute approximate surface area is 114 Å². The molecule has 4 nitrogen and oxygen atoms in total. The largest absolute Gasteiger partial charge is 0.418 e. The Hall–Kier alpha value is -1.60. The van der Waals surface area contributed by atoms with Gasteiger partial charge in [-0.1, -0.05) is 12.1 Å². The highest BCUT2D eigenvalue weighted by Gasteiger charge is 2.33. The summed E-state index contributed by atoms with van der Waals surface area (Å²) in [4.78, 5) is 11.8. The molecule has 1 aliphatic rings. The van der Waals surface area contributed by atoms with E-state index in [9.17, 15) is 18.0 Å². The highest BCUT2D eigenvalue weighted by molar-refractivity contribution is 5.91. The van der Waals surface area contributed by atoms with Crippen LogP contribution in [0.4, 0.5) is 18.9 Å². The number of rotatable bonds is 3. The lowest BCUT2D eigenvalue weighted by Crippen LogP contribution is -2.40. The molecule has 0 spiro atoms. The molecule has 20 heavy (non-hydrogen) atoms. The van der Waals surface area contributed by atoms with E-state index in [-0.39, 0.29) is 18.2 Å². The molecular weight excluding hydrogens is 273 g/mol. The molecule has 0 aliphatic carbocycles. The number of carbonyl (C=O) groups excluding carboxylic acids is 1. The Morgan fingerprint density at radius 2 is 2.15 bits per heavy atom. The lowest BCUT2D eigenvalue weighted by atomic mass is 10.1.